The highest BCUT2D eigenvalue weighted by Gasteiger charge is 2.57. The fourth-order valence-corrected chi connectivity index (χ4v) is 6.32. The SMILES string of the molecule is CC(C)n1cc(S(=O)N2CCC(Nc3ncc4c(n3)NC(=O)C43CC3)CC2)cn1.OC1CCCCC1. The van der Waals surface area contributed by atoms with Crippen LogP contribution in [0.25, 0.3) is 0 Å². The number of amides is 1. The second kappa shape index (κ2) is 10.5. The van der Waals surface area contributed by atoms with Gasteiger partial charge >= 0.3 is 0 Å². The molecule has 11 heteroatoms. The third-order valence-corrected chi connectivity index (χ3v) is 9.07. The normalized spacial score (nSPS) is 22.6. The van der Waals surface area contributed by atoms with Crippen LogP contribution in [0.4, 0.5) is 11.8 Å². The first-order valence-electron chi connectivity index (χ1n) is 13.2. The summed E-state index contributed by atoms with van der Waals surface area (Å²) in [5.74, 6) is 1.24. The van der Waals surface area contributed by atoms with Gasteiger partial charge in [0.15, 0.2) is 0 Å². The Balaban J connectivity index is 0.000000330. The number of rotatable bonds is 5. The van der Waals surface area contributed by atoms with Crippen molar-refractivity contribution < 1.29 is 14.1 Å². The lowest BCUT2D eigenvalue weighted by molar-refractivity contribution is -0.117. The number of carbonyl (C=O) groups is 1. The van der Waals surface area contributed by atoms with Gasteiger partial charge in [-0.25, -0.2) is 13.5 Å². The average molecular weight is 516 g/mol. The van der Waals surface area contributed by atoms with Crippen molar-refractivity contribution in [1.29, 1.82) is 0 Å². The summed E-state index contributed by atoms with van der Waals surface area (Å²) in [6.07, 6.45) is 14.7. The maximum Gasteiger partial charge on any atom is 0.236 e. The van der Waals surface area contributed by atoms with E-state index in [4.69, 9.17) is 5.11 Å². The van der Waals surface area contributed by atoms with Crippen molar-refractivity contribution in [2.45, 2.75) is 100 Å². The van der Waals surface area contributed by atoms with Crippen LogP contribution in [-0.2, 0) is 21.2 Å². The van der Waals surface area contributed by atoms with Crippen molar-refractivity contribution >= 4 is 28.7 Å². The van der Waals surface area contributed by atoms with Crippen LogP contribution in [0.15, 0.2) is 23.5 Å². The second-order valence-corrected chi connectivity index (χ2v) is 12.1. The number of aliphatic hydroxyl groups excluding tert-OH is 1. The molecule has 6 rings (SSSR count). The first-order valence-corrected chi connectivity index (χ1v) is 14.3. The Morgan fingerprint density at radius 1 is 1.14 bits per heavy atom. The van der Waals surface area contributed by atoms with E-state index >= 15 is 0 Å². The molecule has 2 aromatic heterocycles. The Bertz CT molecular complexity index is 1100. The maximum atomic E-state index is 12.8. The first kappa shape index (κ1) is 25.3. The lowest BCUT2D eigenvalue weighted by Gasteiger charge is -2.30. The summed E-state index contributed by atoms with van der Waals surface area (Å²) in [7, 11) is -1.19. The smallest absolute Gasteiger partial charge is 0.236 e. The summed E-state index contributed by atoms with van der Waals surface area (Å²) >= 11 is 0. The highest BCUT2D eigenvalue weighted by Crippen LogP contribution is 2.54. The molecule has 0 aromatic carbocycles. The van der Waals surface area contributed by atoms with Crippen molar-refractivity contribution in [1.82, 2.24) is 24.1 Å². The van der Waals surface area contributed by atoms with Crippen LogP contribution < -0.4 is 10.6 Å². The third-order valence-electron chi connectivity index (χ3n) is 7.63. The molecule has 1 saturated heterocycles. The van der Waals surface area contributed by atoms with Gasteiger partial charge in [0.25, 0.3) is 0 Å². The third kappa shape index (κ3) is 5.33. The molecule has 196 valence electrons. The van der Waals surface area contributed by atoms with Crippen LogP contribution >= 0.6 is 0 Å². The molecular formula is C25H37N7O3S. The summed E-state index contributed by atoms with van der Waals surface area (Å²) in [6.45, 7) is 5.55. The predicted octanol–water partition coefficient (Wildman–Crippen LogP) is 3.15. The molecule has 2 aromatic rings. The van der Waals surface area contributed by atoms with E-state index in [1.165, 1.54) is 19.3 Å². The molecule has 2 aliphatic carbocycles. The zero-order chi connectivity index (χ0) is 25.3. The number of aromatic nitrogens is 4. The lowest BCUT2D eigenvalue weighted by Crippen LogP contribution is -2.40. The fraction of sp³-hybridized carbons (Fsp3) is 0.680. The fourth-order valence-electron chi connectivity index (χ4n) is 5.14. The van der Waals surface area contributed by atoms with Gasteiger partial charge in [0.1, 0.15) is 16.8 Å². The standard InChI is InChI=1S/C19H25N7O2S.C6H12O/c1-12(2)26-11-14(9-21-26)29(28)25-7-3-13(4-8-25)22-18-20-10-15-16(24-18)23-17(27)19(15)5-6-19;7-6-4-2-1-3-5-6/h9-13H,3-8H2,1-2H3,(H2,20,22,23,24,27);6-7H,1-5H2. The second-order valence-electron chi connectivity index (χ2n) is 10.6. The molecule has 4 heterocycles. The van der Waals surface area contributed by atoms with E-state index in [-0.39, 0.29) is 29.5 Å². The highest BCUT2D eigenvalue weighted by atomic mass is 32.2. The van der Waals surface area contributed by atoms with E-state index in [0.717, 1.165) is 62.1 Å². The molecule has 10 nitrogen and oxygen atoms in total. The molecule has 1 amide bonds. The predicted molar refractivity (Wildman–Crippen MR) is 138 cm³/mol. The highest BCUT2D eigenvalue weighted by molar-refractivity contribution is 7.82. The Hall–Kier alpha value is -2.37. The van der Waals surface area contributed by atoms with Gasteiger partial charge in [-0.1, -0.05) is 19.3 Å². The monoisotopic (exact) mass is 515 g/mol. The van der Waals surface area contributed by atoms with Crippen molar-refractivity contribution in [3.8, 4) is 0 Å². The molecule has 2 aliphatic heterocycles. The number of hydrogen-bond donors (Lipinski definition) is 3. The number of nitrogens with zero attached hydrogens (tertiary/aromatic N) is 5. The van der Waals surface area contributed by atoms with Crippen LogP contribution in [-0.4, -0.2) is 64.5 Å². The van der Waals surface area contributed by atoms with Gasteiger partial charge in [-0.15, -0.1) is 0 Å². The topological polar surface area (TPSA) is 125 Å². The van der Waals surface area contributed by atoms with E-state index in [2.05, 4.69) is 25.7 Å². The largest absolute Gasteiger partial charge is 0.393 e. The van der Waals surface area contributed by atoms with Gasteiger partial charge in [0.05, 0.1) is 22.6 Å². The van der Waals surface area contributed by atoms with Crippen LogP contribution in [0, 0.1) is 0 Å². The molecule has 0 radical (unpaired) electrons. The zero-order valence-corrected chi connectivity index (χ0v) is 22.0. The van der Waals surface area contributed by atoms with Crippen molar-refractivity contribution in [3.63, 3.8) is 0 Å². The summed E-state index contributed by atoms with van der Waals surface area (Å²) in [6, 6.07) is 0.467. The Morgan fingerprint density at radius 3 is 2.44 bits per heavy atom. The summed E-state index contributed by atoms with van der Waals surface area (Å²) in [5.41, 5.74) is 0.576. The molecule has 3 fully saturated rings. The number of nitrogens with one attached hydrogen (secondary N) is 2. The molecule has 0 bridgehead atoms. The molecule has 1 unspecified atom stereocenters. The van der Waals surface area contributed by atoms with Crippen molar-refractivity contribution in [2.75, 3.05) is 23.7 Å². The minimum atomic E-state index is -1.19. The van der Waals surface area contributed by atoms with Crippen LogP contribution in [0.5, 0.6) is 0 Å². The molecular weight excluding hydrogens is 478 g/mol. The van der Waals surface area contributed by atoms with E-state index in [1.807, 2.05) is 29.0 Å². The minimum absolute atomic E-state index is 0.0359. The van der Waals surface area contributed by atoms with E-state index in [9.17, 15) is 9.00 Å². The van der Waals surface area contributed by atoms with Crippen LogP contribution in [0.1, 0.15) is 83.2 Å². The number of hydrogen-bond acceptors (Lipinski definition) is 7. The van der Waals surface area contributed by atoms with Gasteiger partial charge in [-0.3, -0.25) is 9.48 Å². The number of piperidine rings is 1. The van der Waals surface area contributed by atoms with Gasteiger partial charge in [0.2, 0.25) is 11.9 Å². The molecule has 4 aliphatic rings. The van der Waals surface area contributed by atoms with Gasteiger partial charge in [-0.2, -0.15) is 10.1 Å². The average Bonchev–Trinajstić information content (AvgIpc) is 3.44. The van der Waals surface area contributed by atoms with Crippen LogP contribution in [0.2, 0.25) is 0 Å². The molecule has 1 atom stereocenters. The maximum absolute atomic E-state index is 12.8. The number of aliphatic hydroxyl groups is 1. The first-order chi connectivity index (χ1) is 17.4. The summed E-state index contributed by atoms with van der Waals surface area (Å²) in [5, 5.41) is 19.5. The molecule has 1 spiro atoms. The number of carbonyl (C=O) groups excluding carboxylic acids is 1. The van der Waals surface area contributed by atoms with E-state index < -0.39 is 11.0 Å². The summed E-state index contributed by atoms with van der Waals surface area (Å²) in [4.78, 5) is 21.8. The Kier molecular flexibility index (Phi) is 7.41. The van der Waals surface area contributed by atoms with Gasteiger partial charge in [-0.05, 0) is 52.4 Å². The number of anilines is 2. The van der Waals surface area contributed by atoms with E-state index in [1.54, 1.807) is 12.4 Å². The summed E-state index contributed by atoms with van der Waals surface area (Å²) < 4.78 is 16.6. The van der Waals surface area contributed by atoms with Crippen molar-refractivity contribution in [2.24, 2.45) is 0 Å². The van der Waals surface area contributed by atoms with Gasteiger partial charge in [0, 0.05) is 43.1 Å². The molecule has 3 N–H and O–H groups in total. The van der Waals surface area contributed by atoms with E-state index in [0.29, 0.717) is 11.8 Å². The van der Waals surface area contributed by atoms with Crippen molar-refractivity contribution in [3.05, 3.63) is 24.2 Å². The zero-order valence-electron chi connectivity index (χ0n) is 21.2. The minimum Gasteiger partial charge on any atom is -0.393 e. The molecule has 36 heavy (non-hydrogen) atoms. The van der Waals surface area contributed by atoms with Gasteiger partial charge < -0.3 is 15.7 Å². The number of fused-ring (bicyclic) bond motifs is 2. The molecule has 2 saturated carbocycles. The van der Waals surface area contributed by atoms with Crippen LogP contribution in [0.3, 0.4) is 0 Å². The Labute approximate surface area is 214 Å². The lowest BCUT2D eigenvalue weighted by atomic mass is 9.98. The quantitative estimate of drug-likeness (QED) is 0.559. The Morgan fingerprint density at radius 2 is 1.86 bits per heavy atom.